The highest BCUT2D eigenvalue weighted by Gasteiger charge is 2.35. The molecule has 1 aliphatic carbocycles. The van der Waals surface area contributed by atoms with Gasteiger partial charge in [-0.3, -0.25) is 4.79 Å². The van der Waals surface area contributed by atoms with Crippen molar-refractivity contribution >= 4 is 11.8 Å². The van der Waals surface area contributed by atoms with E-state index in [0.29, 0.717) is 53.3 Å². The number of rotatable bonds is 8. The van der Waals surface area contributed by atoms with Crippen LogP contribution in [0.1, 0.15) is 62.5 Å². The number of ether oxygens (including phenoxy) is 4. The van der Waals surface area contributed by atoms with Crippen molar-refractivity contribution in [3.05, 3.63) is 76.1 Å². The maximum Gasteiger partial charge on any atom is 0.355 e. The number of aromatic nitrogens is 1. The summed E-state index contributed by atoms with van der Waals surface area (Å²) in [6, 6.07) is 13.2. The Hall–Kier alpha value is -3.74. The third kappa shape index (κ3) is 4.38. The summed E-state index contributed by atoms with van der Waals surface area (Å²) in [5.74, 6) is 1.50. The second-order valence-electron chi connectivity index (χ2n) is 8.18. The number of carbonyl (C=O) groups excluding carboxylic acids is 2. The van der Waals surface area contributed by atoms with Gasteiger partial charge >= 0.3 is 5.97 Å². The number of aromatic amines is 1. The van der Waals surface area contributed by atoms with E-state index in [1.54, 1.807) is 28.3 Å². The molecule has 0 radical (unpaired) electrons. The Kier molecular flexibility index (Phi) is 6.91. The minimum absolute atomic E-state index is 0.0205. The van der Waals surface area contributed by atoms with Crippen LogP contribution in [-0.4, -0.2) is 44.7 Å². The first-order valence-electron chi connectivity index (χ1n) is 11.3. The highest BCUT2D eigenvalue weighted by atomic mass is 16.5. The first-order valence-corrected chi connectivity index (χ1v) is 11.3. The predicted molar refractivity (Wildman–Crippen MR) is 127 cm³/mol. The predicted octanol–water partition coefficient (Wildman–Crippen LogP) is 4.72. The molecule has 0 saturated heterocycles. The smallest absolute Gasteiger partial charge is 0.355 e. The van der Waals surface area contributed by atoms with Crippen LogP contribution in [0.3, 0.4) is 0 Å². The highest BCUT2D eigenvalue weighted by molar-refractivity contribution is 6.04. The Morgan fingerprint density at radius 1 is 1.00 bits per heavy atom. The molecule has 1 aliphatic rings. The molecule has 3 aromatic rings. The van der Waals surface area contributed by atoms with Gasteiger partial charge < -0.3 is 23.9 Å². The van der Waals surface area contributed by atoms with E-state index in [-0.39, 0.29) is 18.3 Å². The summed E-state index contributed by atoms with van der Waals surface area (Å²) in [7, 11) is 4.83. The number of H-pyrrole nitrogens is 1. The Labute approximate surface area is 199 Å². The van der Waals surface area contributed by atoms with Crippen LogP contribution in [-0.2, 0) is 17.6 Å². The van der Waals surface area contributed by atoms with Crippen LogP contribution >= 0.6 is 0 Å². The SMILES string of the molecule is CCOC(=O)c1[nH]c2c(c1Cc1ccccc1OC)C(=O)C[C@H](c1cc(OC)ccc1OC)C2. The van der Waals surface area contributed by atoms with Gasteiger partial charge in [0.15, 0.2) is 5.78 Å². The Morgan fingerprint density at radius 3 is 2.47 bits per heavy atom. The zero-order valence-corrected chi connectivity index (χ0v) is 19.9. The minimum atomic E-state index is -0.467. The number of para-hydroxylation sites is 1. The summed E-state index contributed by atoms with van der Waals surface area (Å²) in [5.41, 5.74) is 4.08. The molecule has 0 fully saturated rings. The van der Waals surface area contributed by atoms with Gasteiger partial charge in [0.2, 0.25) is 0 Å². The highest BCUT2D eigenvalue weighted by Crippen LogP contribution is 2.41. The Morgan fingerprint density at radius 2 is 1.76 bits per heavy atom. The molecule has 0 unspecified atom stereocenters. The fourth-order valence-electron chi connectivity index (χ4n) is 4.70. The molecule has 0 amide bonds. The monoisotopic (exact) mass is 463 g/mol. The molecule has 0 bridgehead atoms. The minimum Gasteiger partial charge on any atom is -0.497 e. The molecule has 1 heterocycles. The molecule has 4 rings (SSSR count). The van der Waals surface area contributed by atoms with Gasteiger partial charge in [-0.1, -0.05) is 18.2 Å². The lowest BCUT2D eigenvalue weighted by Gasteiger charge is -2.24. The number of methoxy groups -OCH3 is 3. The van der Waals surface area contributed by atoms with Crippen LogP contribution in [0, 0.1) is 0 Å². The number of esters is 1. The molecule has 1 aromatic heterocycles. The van der Waals surface area contributed by atoms with Crippen molar-refractivity contribution in [1.29, 1.82) is 0 Å². The number of carbonyl (C=O) groups is 2. The molecule has 7 heteroatoms. The van der Waals surface area contributed by atoms with E-state index in [2.05, 4.69) is 4.98 Å². The first kappa shape index (κ1) is 23.4. The van der Waals surface area contributed by atoms with Crippen LogP contribution in [0.5, 0.6) is 17.2 Å². The normalized spacial score (nSPS) is 14.9. The Bertz CT molecular complexity index is 1210. The van der Waals surface area contributed by atoms with Gasteiger partial charge in [0, 0.05) is 41.1 Å². The number of nitrogens with one attached hydrogen (secondary N) is 1. The third-order valence-electron chi connectivity index (χ3n) is 6.26. The van der Waals surface area contributed by atoms with Crippen LogP contribution in [0.2, 0.25) is 0 Å². The lowest BCUT2D eigenvalue weighted by atomic mass is 9.80. The molecule has 1 atom stereocenters. The van der Waals surface area contributed by atoms with E-state index in [1.165, 1.54) is 0 Å². The molecule has 2 aromatic carbocycles. The van der Waals surface area contributed by atoms with Gasteiger partial charge in [0.05, 0.1) is 27.9 Å². The van der Waals surface area contributed by atoms with Gasteiger partial charge in [0.25, 0.3) is 0 Å². The van der Waals surface area contributed by atoms with E-state index < -0.39 is 5.97 Å². The largest absolute Gasteiger partial charge is 0.497 e. The number of hydrogen-bond donors (Lipinski definition) is 1. The molecular formula is C27H29NO6. The summed E-state index contributed by atoms with van der Waals surface area (Å²) in [4.78, 5) is 29.6. The van der Waals surface area contributed by atoms with Crippen LogP contribution in [0.25, 0.3) is 0 Å². The second-order valence-corrected chi connectivity index (χ2v) is 8.18. The van der Waals surface area contributed by atoms with E-state index in [0.717, 1.165) is 16.8 Å². The van der Waals surface area contributed by atoms with Crippen molar-refractivity contribution in [2.45, 2.75) is 32.1 Å². The number of fused-ring (bicyclic) bond motifs is 1. The summed E-state index contributed by atoms with van der Waals surface area (Å²) in [6.45, 7) is 2.01. The number of ketones is 1. The van der Waals surface area contributed by atoms with E-state index in [9.17, 15) is 9.59 Å². The topological polar surface area (TPSA) is 86.9 Å². The maximum absolute atomic E-state index is 13.5. The lowest BCUT2D eigenvalue weighted by molar-refractivity contribution is 0.0519. The summed E-state index contributed by atoms with van der Waals surface area (Å²) in [5, 5.41) is 0. The third-order valence-corrected chi connectivity index (χ3v) is 6.26. The van der Waals surface area contributed by atoms with Gasteiger partial charge in [-0.15, -0.1) is 0 Å². The Balaban J connectivity index is 1.78. The zero-order valence-electron chi connectivity index (χ0n) is 19.9. The van der Waals surface area contributed by atoms with Crippen molar-refractivity contribution < 1.29 is 28.5 Å². The van der Waals surface area contributed by atoms with Crippen molar-refractivity contribution in [3.63, 3.8) is 0 Å². The van der Waals surface area contributed by atoms with Crippen molar-refractivity contribution in [2.75, 3.05) is 27.9 Å². The molecule has 7 nitrogen and oxygen atoms in total. The van der Waals surface area contributed by atoms with Gasteiger partial charge in [-0.2, -0.15) is 0 Å². The molecule has 178 valence electrons. The maximum atomic E-state index is 13.5. The molecular weight excluding hydrogens is 434 g/mol. The standard InChI is InChI=1S/C27H29NO6/c1-5-34-27(30)26-20(12-16-8-6-7-9-23(16)32-3)25-21(28-26)13-17(14-22(25)29)19-15-18(31-2)10-11-24(19)33-4/h6-11,15,17,28H,5,12-14H2,1-4H3/t17-/m1/s1. The summed E-state index contributed by atoms with van der Waals surface area (Å²) < 4.78 is 21.8. The number of benzene rings is 2. The van der Waals surface area contributed by atoms with Crippen LogP contribution in [0.15, 0.2) is 42.5 Å². The van der Waals surface area contributed by atoms with E-state index >= 15 is 0 Å². The van der Waals surface area contributed by atoms with E-state index in [4.69, 9.17) is 18.9 Å². The zero-order chi connectivity index (χ0) is 24.2. The number of Topliss-reactive ketones (excluding diaryl/α,β-unsaturated/α-hetero) is 1. The molecule has 34 heavy (non-hydrogen) atoms. The van der Waals surface area contributed by atoms with Gasteiger partial charge in [0.1, 0.15) is 22.9 Å². The molecule has 0 aliphatic heterocycles. The summed E-state index contributed by atoms with van der Waals surface area (Å²) >= 11 is 0. The number of hydrogen-bond acceptors (Lipinski definition) is 6. The average Bonchev–Trinajstić information content (AvgIpc) is 3.22. The van der Waals surface area contributed by atoms with Crippen LogP contribution in [0.4, 0.5) is 0 Å². The fraction of sp³-hybridized carbons (Fsp3) is 0.333. The second kappa shape index (κ2) is 10.0. The molecule has 0 spiro atoms. The first-order chi connectivity index (χ1) is 16.5. The molecule has 0 saturated carbocycles. The lowest BCUT2D eigenvalue weighted by Crippen LogP contribution is -2.20. The van der Waals surface area contributed by atoms with E-state index in [1.807, 2.05) is 42.5 Å². The van der Waals surface area contributed by atoms with Crippen molar-refractivity contribution in [1.82, 2.24) is 4.98 Å². The quantitative estimate of drug-likeness (QED) is 0.487. The van der Waals surface area contributed by atoms with Gasteiger partial charge in [-0.25, -0.2) is 4.79 Å². The average molecular weight is 464 g/mol. The van der Waals surface area contributed by atoms with Crippen molar-refractivity contribution in [3.8, 4) is 17.2 Å². The molecule has 1 N–H and O–H groups in total. The van der Waals surface area contributed by atoms with Gasteiger partial charge in [-0.05, 0) is 43.2 Å². The fourth-order valence-corrected chi connectivity index (χ4v) is 4.70. The van der Waals surface area contributed by atoms with Crippen molar-refractivity contribution in [2.24, 2.45) is 0 Å². The summed E-state index contributed by atoms with van der Waals surface area (Å²) in [6.07, 6.45) is 1.24. The van der Waals surface area contributed by atoms with Crippen LogP contribution < -0.4 is 14.2 Å².